The Kier molecular flexibility index (Phi) is 4.07. The predicted molar refractivity (Wildman–Crippen MR) is 82.2 cm³/mol. The van der Waals surface area contributed by atoms with Crippen molar-refractivity contribution in [2.24, 2.45) is 7.05 Å². The molecule has 1 fully saturated rings. The number of nitrogens with zero attached hydrogens (tertiary/aromatic N) is 4. The fourth-order valence-electron chi connectivity index (χ4n) is 3.14. The van der Waals surface area contributed by atoms with E-state index in [9.17, 15) is 4.79 Å². The Bertz CT molecular complexity index is 754. The summed E-state index contributed by atoms with van der Waals surface area (Å²) in [5.41, 5.74) is 2.61. The third-order valence-corrected chi connectivity index (χ3v) is 4.21. The van der Waals surface area contributed by atoms with E-state index >= 15 is 0 Å². The Labute approximate surface area is 129 Å². The molecule has 1 atom stereocenters. The number of likely N-dealkylation sites (tertiary alicyclic amines) is 1. The first kappa shape index (κ1) is 14.5. The number of aromatic nitrogens is 3. The van der Waals surface area contributed by atoms with Crippen LogP contribution in [0.3, 0.4) is 0 Å². The summed E-state index contributed by atoms with van der Waals surface area (Å²) < 4.78 is 1.86. The van der Waals surface area contributed by atoms with E-state index in [4.69, 9.17) is 5.26 Å². The van der Waals surface area contributed by atoms with Crippen LogP contribution in [0, 0.1) is 11.3 Å². The van der Waals surface area contributed by atoms with E-state index in [0.29, 0.717) is 11.6 Å². The molecule has 0 saturated carbocycles. The molecule has 0 bridgehead atoms. The molecule has 0 unspecified atom stereocenters. The molecular weight excluding hydrogens is 278 g/mol. The minimum absolute atomic E-state index is 0.0937. The second-order valence-electron chi connectivity index (χ2n) is 5.87. The van der Waals surface area contributed by atoms with Crippen LogP contribution in [0.25, 0.3) is 0 Å². The monoisotopic (exact) mass is 297 g/mol. The molecule has 0 aromatic carbocycles. The Morgan fingerprint density at radius 2 is 2.36 bits per heavy atom. The average Bonchev–Trinajstić information content (AvgIpc) is 2.87. The van der Waals surface area contributed by atoms with Gasteiger partial charge in [-0.2, -0.15) is 5.26 Å². The first-order valence-corrected chi connectivity index (χ1v) is 7.48. The van der Waals surface area contributed by atoms with E-state index in [0.717, 1.165) is 43.7 Å². The van der Waals surface area contributed by atoms with Crippen molar-refractivity contribution in [1.82, 2.24) is 19.4 Å². The van der Waals surface area contributed by atoms with Crippen molar-refractivity contribution in [2.45, 2.75) is 25.3 Å². The Balaban J connectivity index is 1.70. The number of hydrogen-bond acceptors (Lipinski definition) is 4. The highest BCUT2D eigenvalue weighted by molar-refractivity contribution is 5.28. The smallest absolute Gasteiger partial charge is 0.250 e. The Hall–Kier alpha value is -2.39. The van der Waals surface area contributed by atoms with E-state index < -0.39 is 0 Å². The molecule has 6 nitrogen and oxygen atoms in total. The summed E-state index contributed by atoms with van der Waals surface area (Å²) in [7, 11) is 1.89. The molecule has 0 aliphatic carbocycles. The summed E-state index contributed by atoms with van der Waals surface area (Å²) in [6, 6.07) is 5.73. The van der Waals surface area contributed by atoms with Gasteiger partial charge >= 0.3 is 0 Å². The van der Waals surface area contributed by atoms with Gasteiger partial charge in [-0.3, -0.25) is 9.69 Å². The van der Waals surface area contributed by atoms with Crippen LogP contribution in [0.5, 0.6) is 0 Å². The minimum Gasteiger partial charge on any atom is -0.342 e. The van der Waals surface area contributed by atoms with Crippen molar-refractivity contribution in [3.63, 3.8) is 0 Å². The molecule has 1 aliphatic rings. The quantitative estimate of drug-likeness (QED) is 0.928. The standard InChI is InChI=1S/C16H19N5O/c1-20-8-12(5-14(20)7-17)9-21-4-2-3-13(10-21)15-6-16(22)19-11-18-15/h5-6,8,11,13H,2-4,9-10H2,1H3,(H,18,19,22)/t13-/m1/s1. The molecule has 2 aromatic rings. The van der Waals surface area contributed by atoms with Gasteiger partial charge in [0.15, 0.2) is 0 Å². The zero-order chi connectivity index (χ0) is 15.5. The second kappa shape index (κ2) is 6.16. The highest BCUT2D eigenvalue weighted by Crippen LogP contribution is 2.25. The summed E-state index contributed by atoms with van der Waals surface area (Å²) in [4.78, 5) is 20.7. The number of piperidine rings is 1. The lowest BCUT2D eigenvalue weighted by atomic mass is 9.94. The zero-order valence-electron chi connectivity index (χ0n) is 12.6. The molecule has 0 spiro atoms. The lowest BCUT2D eigenvalue weighted by Gasteiger charge is -2.32. The van der Waals surface area contributed by atoms with Crippen molar-refractivity contribution in [3.05, 3.63) is 52.0 Å². The van der Waals surface area contributed by atoms with Gasteiger partial charge in [0.05, 0.1) is 12.0 Å². The zero-order valence-corrected chi connectivity index (χ0v) is 12.6. The number of aromatic amines is 1. The summed E-state index contributed by atoms with van der Waals surface area (Å²) in [5.74, 6) is 0.301. The summed E-state index contributed by atoms with van der Waals surface area (Å²) in [6.07, 6.45) is 5.64. The molecule has 114 valence electrons. The third-order valence-electron chi connectivity index (χ3n) is 4.21. The molecule has 0 radical (unpaired) electrons. The molecular formula is C16H19N5O. The molecule has 1 N–H and O–H groups in total. The molecule has 2 aromatic heterocycles. The van der Waals surface area contributed by atoms with Gasteiger partial charge in [-0.1, -0.05) is 0 Å². The van der Waals surface area contributed by atoms with Crippen LogP contribution in [-0.2, 0) is 13.6 Å². The van der Waals surface area contributed by atoms with Crippen molar-refractivity contribution >= 4 is 0 Å². The van der Waals surface area contributed by atoms with Crippen LogP contribution in [0.4, 0.5) is 0 Å². The summed E-state index contributed by atoms with van der Waals surface area (Å²) in [6.45, 7) is 2.76. The van der Waals surface area contributed by atoms with Gasteiger partial charge in [0.1, 0.15) is 11.8 Å². The van der Waals surface area contributed by atoms with Crippen molar-refractivity contribution in [2.75, 3.05) is 13.1 Å². The van der Waals surface area contributed by atoms with Gasteiger partial charge < -0.3 is 9.55 Å². The molecule has 3 heterocycles. The van der Waals surface area contributed by atoms with Crippen molar-refractivity contribution in [3.8, 4) is 6.07 Å². The fraction of sp³-hybridized carbons (Fsp3) is 0.438. The highest BCUT2D eigenvalue weighted by atomic mass is 16.1. The first-order chi connectivity index (χ1) is 10.7. The average molecular weight is 297 g/mol. The molecule has 0 amide bonds. The van der Waals surface area contributed by atoms with E-state index in [-0.39, 0.29) is 5.56 Å². The van der Waals surface area contributed by atoms with Crippen LogP contribution in [0.2, 0.25) is 0 Å². The number of nitriles is 1. The third kappa shape index (κ3) is 3.10. The van der Waals surface area contributed by atoms with E-state index in [1.54, 1.807) is 6.07 Å². The number of rotatable bonds is 3. The molecule has 1 aliphatic heterocycles. The van der Waals surface area contributed by atoms with Crippen LogP contribution in [0.15, 0.2) is 29.5 Å². The summed E-state index contributed by atoms with van der Waals surface area (Å²) in [5, 5.41) is 9.03. The van der Waals surface area contributed by atoms with Gasteiger partial charge in [0.2, 0.25) is 0 Å². The van der Waals surface area contributed by atoms with Gasteiger partial charge in [-0.05, 0) is 31.0 Å². The second-order valence-corrected chi connectivity index (χ2v) is 5.87. The molecule has 3 rings (SSSR count). The minimum atomic E-state index is -0.0937. The molecule has 1 saturated heterocycles. The SMILES string of the molecule is Cn1cc(CN2CCC[C@@H](c3cc(=O)[nH]cn3)C2)cc1C#N. The number of aryl methyl sites for hydroxylation is 1. The maximum Gasteiger partial charge on any atom is 0.250 e. The number of H-pyrrole nitrogens is 1. The topological polar surface area (TPSA) is 77.7 Å². The van der Waals surface area contributed by atoms with Crippen molar-refractivity contribution in [1.29, 1.82) is 5.26 Å². The number of hydrogen-bond donors (Lipinski definition) is 1. The lowest BCUT2D eigenvalue weighted by Crippen LogP contribution is -2.34. The first-order valence-electron chi connectivity index (χ1n) is 7.48. The van der Waals surface area contributed by atoms with Gasteiger partial charge in [-0.15, -0.1) is 0 Å². The van der Waals surface area contributed by atoms with Gasteiger partial charge in [0.25, 0.3) is 5.56 Å². The van der Waals surface area contributed by atoms with Gasteiger partial charge in [-0.25, -0.2) is 4.98 Å². The molecule has 6 heteroatoms. The van der Waals surface area contributed by atoms with Crippen LogP contribution in [-0.4, -0.2) is 32.5 Å². The van der Waals surface area contributed by atoms with E-state index in [1.165, 1.54) is 6.33 Å². The van der Waals surface area contributed by atoms with Crippen LogP contribution in [0.1, 0.15) is 35.7 Å². The predicted octanol–water partition coefficient (Wildman–Crippen LogP) is 1.36. The summed E-state index contributed by atoms with van der Waals surface area (Å²) >= 11 is 0. The van der Waals surface area contributed by atoms with Crippen LogP contribution >= 0.6 is 0 Å². The Morgan fingerprint density at radius 3 is 3.09 bits per heavy atom. The molecule has 22 heavy (non-hydrogen) atoms. The van der Waals surface area contributed by atoms with E-state index in [2.05, 4.69) is 20.9 Å². The fourth-order valence-corrected chi connectivity index (χ4v) is 3.14. The Morgan fingerprint density at radius 1 is 1.50 bits per heavy atom. The highest BCUT2D eigenvalue weighted by Gasteiger charge is 2.23. The largest absolute Gasteiger partial charge is 0.342 e. The van der Waals surface area contributed by atoms with Gasteiger partial charge in [0, 0.05) is 38.3 Å². The maximum atomic E-state index is 11.4. The van der Waals surface area contributed by atoms with E-state index in [1.807, 2.05) is 23.9 Å². The maximum absolute atomic E-state index is 11.4. The normalized spacial score (nSPS) is 19.0. The van der Waals surface area contributed by atoms with Crippen molar-refractivity contribution < 1.29 is 0 Å². The number of nitrogens with one attached hydrogen (secondary N) is 1. The lowest BCUT2D eigenvalue weighted by molar-refractivity contribution is 0.198. The van der Waals surface area contributed by atoms with Crippen LogP contribution < -0.4 is 5.56 Å².